The highest BCUT2D eigenvalue weighted by Gasteiger charge is 2.34. The molecule has 0 atom stereocenters. The Kier molecular flexibility index (Phi) is 6.86. The zero-order chi connectivity index (χ0) is 15.0. The van der Waals surface area contributed by atoms with Gasteiger partial charge in [-0.05, 0) is 0 Å². The third-order valence-electron chi connectivity index (χ3n) is 3.62. The summed E-state index contributed by atoms with van der Waals surface area (Å²) >= 11 is 0. The van der Waals surface area contributed by atoms with Crippen LogP contribution in [0.15, 0.2) is 0 Å². The number of nitrogens with zero attached hydrogens (tertiary/aromatic N) is 3. The van der Waals surface area contributed by atoms with Crippen molar-refractivity contribution in [2.24, 2.45) is 0 Å². The molecule has 0 aliphatic carbocycles. The van der Waals surface area contributed by atoms with Crippen LogP contribution in [0.2, 0.25) is 0 Å². The molecule has 0 aromatic heterocycles. The molecule has 126 valence electrons. The largest absolute Gasteiger partial charge is 0.692 e. The van der Waals surface area contributed by atoms with E-state index in [9.17, 15) is 0 Å². The minimum atomic E-state index is -0.797. The Bertz CT molecular complexity index is 264. The SMILES string of the molecule is C1CN(OB(ON2CCOCC2)ON2CCOCC2)CCO1. The van der Waals surface area contributed by atoms with E-state index in [-0.39, 0.29) is 0 Å². The Labute approximate surface area is 130 Å². The van der Waals surface area contributed by atoms with Crippen LogP contribution in [0.3, 0.4) is 0 Å². The predicted octanol–water partition coefficient (Wildman–Crippen LogP) is -1.24. The Hall–Kier alpha value is -0.295. The van der Waals surface area contributed by atoms with Crippen LogP contribution < -0.4 is 0 Å². The minimum absolute atomic E-state index is 0.655. The molecule has 0 spiro atoms. The van der Waals surface area contributed by atoms with Crippen LogP contribution in [0.1, 0.15) is 0 Å². The van der Waals surface area contributed by atoms with Gasteiger partial charge in [-0.15, -0.1) is 0 Å². The number of hydrogen-bond donors (Lipinski definition) is 0. The lowest BCUT2D eigenvalue weighted by molar-refractivity contribution is -0.237. The molecule has 22 heavy (non-hydrogen) atoms. The molecule has 0 saturated carbocycles. The summed E-state index contributed by atoms with van der Waals surface area (Å²) in [6.45, 7) is 8.15. The minimum Gasteiger partial charge on any atom is -0.379 e. The molecule has 3 fully saturated rings. The average molecular weight is 317 g/mol. The first-order valence-electron chi connectivity index (χ1n) is 7.88. The standard InChI is InChI=1S/C12H24BN3O6/c1-7-17-8-2-14(1)20-13(21-15-3-9-18-10-4-15)22-16-5-11-19-12-6-16/h1-12H2. The molecule has 0 aromatic rings. The first-order valence-corrected chi connectivity index (χ1v) is 7.88. The highest BCUT2D eigenvalue weighted by molar-refractivity contribution is 6.35. The summed E-state index contributed by atoms with van der Waals surface area (Å²) in [6, 6.07) is 0. The van der Waals surface area contributed by atoms with Crippen LogP contribution in [0.25, 0.3) is 0 Å². The topological polar surface area (TPSA) is 65.1 Å². The maximum absolute atomic E-state index is 5.84. The summed E-state index contributed by atoms with van der Waals surface area (Å²) in [5.41, 5.74) is 0. The fraction of sp³-hybridized carbons (Fsp3) is 1.00. The summed E-state index contributed by atoms with van der Waals surface area (Å²) in [5.74, 6) is 0. The summed E-state index contributed by atoms with van der Waals surface area (Å²) in [5, 5.41) is 5.49. The fourth-order valence-corrected chi connectivity index (χ4v) is 2.38. The first-order chi connectivity index (χ1) is 10.9. The van der Waals surface area contributed by atoms with Crippen LogP contribution in [-0.2, 0) is 28.5 Å². The lowest BCUT2D eigenvalue weighted by atomic mass is 10.2. The van der Waals surface area contributed by atoms with Crippen LogP contribution in [0.4, 0.5) is 0 Å². The van der Waals surface area contributed by atoms with Crippen molar-refractivity contribution < 1.29 is 28.5 Å². The van der Waals surface area contributed by atoms with Crippen molar-refractivity contribution in [2.75, 3.05) is 78.9 Å². The molecule has 3 rings (SSSR count). The van der Waals surface area contributed by atoms with Gasteiger partial charge in [0.2, 0.25) is 0 Å². The molecule has 3 aliphatic rings. The summed E-state index contributed by atoms with van der Waals surface area (Å²) < 4.78 is 33.5. The molecule has 0 N–H and O–H groups in total. The molecule has 9 nitrogen and oxygen atoms in total. The van der Waals surface area contributed by atoms with Crippen molar-refractivity contribution in [3.63, 3.8) is 0 Å². The van der Waals surface area contributed by atoms with Crippen molar-refractivity contribution in [3.05, 3.63) is 0 Å². The normalized spacial score (nSPS) is 26.2. The molecule has 0 radical (unpaired) electrons. The Balaban J connectivity index is 1.50. The second-order valence-corrected chi connectivity index (χ2v) is 5.23. The van der Waals surface area contributed by atoms with Gasteiger partial charge in [0, 0.05) is 39.3 Å². The van der Waals surface area contributed by atoms with E-state index in [0.717, 1.165) is 0 Å². The number of ether oxygens (including phenoxy) is 3. The van der Waals surface area contributed by atoms with Crippen molar-refractivity contribution >= 4 is 7.32 Å². The zero-order valence-electron chi connectivity index (χ0n) is 12.9. The summed E-state index contributed by atoms with van der Waals surface area (Å²) in [4.78, 5) is 0. The monoisotopic (exact) mass is 317 g/mol. The molecular formula is C12H24BN3O6. The summed E-state index contributed by atoms with van der Waals surface area (Å²) in [7, 11) is -0.797. The van der Waals surface area contributed by atoms with E-state index in [0.29, 0.717) is 78.9 Å². The van der Waals surface area contributed by atoms with E-state index in [4.69, 9.17) is 28.5 Å². The Morgan fingerprint density at radius 3 is 1.05 bits per heavy atom. The van der Waals surface area contributed by atoms with Gasteiger partial charge < -0.3 is 14.2 Å². The van der Waals surface area contributed by atoms with Crippen LogP contribution in [0, 0.1) is 0 Å². The molecule has 0 bridgehead atoms. The molecule has 3 heterocycles. The van der Waals surface area contributed by atoms with Gasteiger partial charge in [-0.1, -0.05) is 0 Å². The maximum atomic E-state index is 5.84. The van der Waals surface area contributed by atoms with Gasteiger partial charge in [0.1, 0.15) is 0 Å². The van der Waals surface area contributed by atoms with E-state index in [2.05, 4.69) is 0 Å². The highest BCUT2D eigenvalue weighted by Crippen LogP contribution is 2.09. The number of hydrogen-bond acceptors (Lipinski definition) is 9. The molecule has 0 amide bonds. The van der Waals surface area contributed by atoms with E-state index in [1.165, 1.54) is 0 Å². The summed E-state index contributed by atoms with van der Waals surface area (Å²) in [6.07, 6.45) is 0. The van der Waals surface area contributed by atoms with Crippen molar-refractivity contribution in [1.29, 1.82) is 0 Å². The van der Waals surface area contributed by atoms with Crippen LogP contribution in [-0.4, -0.2) is 101 Å². The molecule has 0 unspecified atom stereocenters. The highest BCUT2D eigenvalue weighted by atomic mass is 16.9. The van der Waals surface area contributed by atoms with E-state index in [1.54, 1.807) is 0 Å². The Morgan fingerprint density at radius 1 is 0.500 bits per heavy atom. The second kappa shape index (κ2) is 9.11. The van der Waals surface area contributed by atoms with Gasteiger partial charge in [0.25, 0.3) is 0 Å². The lowest BCUT2D eigenvalue weighted by Crippen LogP contribution is -2.51. The van der Waals surface area contributed by atoms with Crippen LogP contribution >= 0.6 is 0 Å². The number of morpholine rings is 3. The van der Waals surface area contributed by atoms with Gasteiger partial charge in [0.05, 0.1) is 39.6 Å². The number of rotatable bonds is 6. The smallest absolute Gasteiger partial charge is 0.379 e. The predicted molar refractivity (Wildman–Crippen MR) is 76.2 cm³/mol. The first kappa shape index (κ1) is 16.6. The van der Waals surface area contributed by atoms with E-state index >= 15 is 0 Å². The Morgan fingerprint density at radius 2 is 0.773 bits per heavy atom. The second-order valence-electron chi connectivity index (χ2n) is 5.23. The molecular weight excluding hydrogens is 293 g/mol. The molecule has 3 aliphatic heterocycles. The van der Waals surface area contributed by atoms with Gasteiger partial charge in [-0.3, -0.25) is 14.3 Å². The fourth-order valence-electron chi connectivity index (χ4n) is 2.38. The quantitative estimate of drug-likeness (QED) is 0.560. The van der Waals surface area contributed by atoms with Gasteiger partial charge in [0.15, 0.2) is 0 Å². The third-order valence-corrected chi connectivity index (χ3v) is 3.62. The molecule has 0 aromatic carbocycles. The van der Waals surface area contributed by atoms with E-state index < -0.39 is 7.32 Å². The zero-order valence-corrected chi connectivity index (χ0v) is 12.9. The van der Waals surface area contributed by atoms with Crippen molar-refractivity contribution in [2.45, 2.75) is 0 Å². The van der Waals surface area contributed by atoms with Gasteiger partial charge in [-0.2, -0.15) is 15.2 Å². The van der Waals surface area contributed by atoms with Crippen molar-refractivity contribution in [1.82, 2.24) is 15.2 Å². The number of hydroxylamine groups is 6. The van der Waals surface area contributed by atoms with Gasteiger partial charge in [-0.25, -0.2) is 0 Å². The molecule has 10 heteroatoms. The lowest BCUT2D eigenvalue weighted by Gasteiger charge is -2.34. The maximum Gasteiger partial charge on any atom is 0.692 e. The third kappa shape index (κ3) is 5.41. The van der Waals surface area contributed by atoms with Gasteiger partial charge >= 0.3 is 7.32 Å². The molecule has 3 saturated heterocycles. The van der Waals surface area contributed by atoms with Crippen LogP contribution in [0.5, 0.6) is 0 Å². The average Bonchev–Trinajstić information content (AvgIpc) is 2.57. The van der Waals surface area contributed by atoms with Crippen molar-refractivity contribution in [3.8, 4) is 0 Å². The van der Waals surface area contributed by atoms with E-state index in [1.807, 2.05) is 15.2 Å².